The highest BCUT2D eigenvalue weighted by atomic mass is 16.5. The maximum Gasteiger partial charge on any atom is 0.170 e. The fourth-order valence-electron chi connectivity index (χ4n) is 1.80. The summed E-state index contributed by atoms with van der Waals surface area (Å²) in [7, 11) is 0. The Morgan fingerprint density at radius 2 is 2.05 bits per heavy atom. The third-order valence-corrected chi connectivity index (χ3v) is 3.15. The number of ether oxygens (including phenoxy) is 1. The molecule has 5 nitrogen and oxygen atoms in total. The smallest absolute Gasteiger partial charge is 0.170 e. The van der Waals surface area contributed by atoms with Crippen LogP contribution in [0.3, 0.4) is 0 Å². The number of rotatable bonds is 7. The molecule has 1 aromatic carbocycles. The van der Waals surface area contributed by atoms with E-state index in [0.29, 0.717) is 12.2 Å². The van der Waals surface area contributed by atoms with Gasteiger partial charge in [-0.2, -0.15) is 0 Å². The Morgan fingerprint density at radius 3 is 2.63 bits per heavy atom. The van der Waals surface area contributed by atoms with Crippen molar-refractivity contribution in [2.24, 2.45) is 10.9 Å². The molecule has 19 heavy (non-hydrogen) atoms. The van der Waals surface area contributed by atoms with Crippen LogP contribution in [-0.4, -0.2) is 42.2 Å². The van der Waals surface area contributed by atoms with E-state index >= 15 is 0 Å². The molecule has 1 rings (SSSR count). The van der Waals surface area contributed by atoms with Crippen LogP contribution in [0.2, 0.25) is 0 Å². The number of amidine groups is 1. The van der Waals surface area contributed by atoms with Gasteiger partial charge in [0.15, 0.2) is 5.84 Å². The molecule has 0 spiro atoms. The second-order valence-electron chi connectivity index (χ2n) is 4.34. The maximum absolute atomic E-state index is 8.68. The Kier molecular flexibility index (Phi) is 6.15. The van der Waals surface area contributed by atoms with E-state index in [1.54, 1.807) is 6.07 Å². The van der Waals surface area contributed by atoms with Crippen LogP contribution in [0.4, 0.5) is 0 Å². The lowest BCUT2D eigenvalue weighted by Crippen LogP contribution is -2.28. The molecule has 5 heteroatoms. The normalized spacial score (nSPS) is 11.9. The monoisotopic (exact) mass is 265 g/mol. The van der Waals surface area contributed by atoms with Gasteiger partial charge in [-0.05, 0) is 31.6 Å². The summed E-state index contributed by atoms with van der Waals surface area (Å²) in [4.78, 5) is 2.29. The molecule has 0 bridgehead atoms. The Bertz CT molecular complexity index is 429. The third-order valence-electron chi connectivity index (χ3n) is 3.15. The summed E-state index contributed by atoms with van der Waals surface area (Å²) in [6.07, 6.45) is 0. The van der Waals surface area contributed by atoms with Crippen molar-refractivity contribution in [1.29, 1.82) is 0 Å². The minimum atomic E-state index is 0.0913. The number of nitrogens with zero attached hydrogens (tertiary/aromatic N) is 2. The molecule has 1 aromatic rings. The summed E-state index contributed by atoms with van der Waals surface area (Å²) in [5, 5.41) is 11.7. The average molecular weight is 265 g/mol. The van der Waals surface area contributed by atoms with Gasteiger partial charge >= 0.3 is 0 Å². The molecule has 0 unspecified atom stereocenters. The minimum Gasteiger partial charge on any atom is -0.492 e. The van der Waals surface area contributed by atoms with Crippen molar-refractivity contribution in [1.82, 2.24) is 4.90 Å². The molecule has 0 aliphatic heterocycles. The van der Waals surface area contributed by atoms with Gasteiger partial charge < -0.3 is 20.6 Å². The molecule has 0 aromatic heterocycles. The van der Waals surface area contributed by atoms with Crippen molar-refractivity contribution in [2.45, 2.75) is 20.8 Å². The van der Waals surface area contributed by atoms with Gasteiger partial charge in [-0.3, -0.25) is 0 Å². The molecule has 0 amide bonds. The molecule has 106 valence electrons. The fourth-order valence-corrected chi connectivity index (χ4v) is 1.80. The van der Waals surface area contributed by atoms with Gasteiger partial charge in [-0.1, -0.05) is 31.1 Å². The first-order chi connectivity index (χ1) is 9.12. The van der Waals surface area contributed by atoms with Crippen LogP contribution in [0.15, 0.2) is 23.4 Å². The van der Waals surface area contributed by atoms with Crippen molar-refractivity contribution >= 4 is 5.84 Å². The predicted molar refractivity (Wildman–Crippen MR) is 77.0 cm³/mol. The van der Waals surface area contributed by atoms with E-state index < -0.39 is 0 Å². The average Bonchev–Trinajstić information content (AvgIpc) is 2.44. The molecular formula is C14H23N3O2. The standard InChI is InChI=1S/C14H23N3O2/c1-4-17(5-2)8-9-19-13-10-12(14(15)16-18)7-6-11(13)3/h6-7,10,18H,4-5,8-9H2,1-3H3,(H2,15,16). The Morgan fingerprint density at radius 1 is 1.37 bits per heavy atom. The molecule has 0 aliphatic carbocycles. The summed E-state index contributed by atoms with van der Waals surface area (Å²) < 4.78 is 5.77. The van der Waals surface area contributed by atoms with Crippen LogP contribution < -0.4 is 10.5 Å². The zero-order chi connectivity index (χ0) is 14.3. The summed E-state index contributed by atoms with van der Waals surface area (Å²) in [5.41, 5.74) is 7.26. The van der Waals surface area contributed by atoms with Crippen LogP contribution >= 0.6 is 0 Å². The van der Waals surface area contributed by atoms with Gasteiger partial charge in [0.1, 0.15) is 12.4 Å². The van der Waals surface area contributed by atoms with Crippen molar-refractivity contribution in [3.05, 3.63) is 29.3 Å². The highest BCUT2D eigenvalue weighted by molar-refractivity contribution is 5.97. The van der Waals surface area contributed by atoms with Gasteiger partial charge in [-0.15, -0.1) is 0 Å². The number of aryl methyl sites for hydroxylation is 1. The fraction of sp³-hybridized carbons (Fsp3) is 0.500. The lowest BCUT2D eigenvalue weighted by molar-refractivity contribution is 0.222. The molecule has 0 radical (unpaired) electrons. The van der Waals surface area contributed by atoms with Gasteiger partial charge in [0.05, 0.1) is 0 Å². The van der Waals surface area contributed by atoms with E-state index in [1.807, 2.05) is 19.1 Å². The molecule has 0 saturated heterocycles. The first-order valence-corrected chi connectivity index (χ1v) is 6.56. The zero-order valence-corrected chi connectivity index (χ0v) is 11.9. The second kappa shape index (κ2) is 7.63. The van der Waals surface area contributed by atoms with Gasteiger partial charge in [-0.25, -0.2) is 0 Å². The van der Waals surface area contributed by atoms with Crippen molar-refractivity contribution < 1.29 is 9.94 Å². The summed E-state index contributed by atoms with van der Waals surface area (Å²) >= 11 is 0. The summed E-state index contributed by atoms with van der Waals surface area (Å²) in [6.45, 7) is 9.79. The van der Waals surface area contributed by atoms with Gasteiger partial charge in [0.25, 0.3) is 0 Å². The van der Waals surface area contributed by atoms with Crippen molar-refractivity contribution in [3.8, 4) is 5.75 Å². The van der Waals surface area contributed by atoms with E-state index in [0.717, 1.165) is 30.9 Å². The van der Waals surface area contributed by atoms with Crippen LogP contribution in [0.25, 0.3) is 0 Å². The molecular weight excluding hydrogens is 242 g/mol. The van der Waals surface area contributed by atoms with Crippen LogP contribution in [0.5, 0.6) is 5.75 Å². The Hall–Kier alpha value is -1.75. The van der Waals surface area contributed by atoms with E-state index in [1.165, 1.54) is 0 Å². The number of hydrogen-bond donors (Lipinski definition) is 2. The molecule has 0 atom stereocenters. The third kappa shape index (κ3) is 4.44. The Labute approximate surface area is 114 Å². The minimum absolute atomic E-state index is 0.0913. The summed E-state index contributed by atoms with van der Waals surface area (Å²) in [5.74, 6) is 0.866. The zero-order valence-electron chi connectivity index (χ0n) is 11.9. The number of benzene rings is 1. The lowest BCUT2D eigenvalue weighted by atomic mass is 10.1. The SMILES string of the molecule is CCN(CC)CCOc1cc(/C(N)=N/O)ccc1C. The van der Waals surface area contributed by atoms with Gasteiger partial charge in [0, 0.05) is 12.1 Å². The number of nitrogens with two attached hydrogens (primary N) is 1. The highest BCUT2D eigenvalue weighted by Gasteiger charge is 2.06. The van der Waals surface area contributed by atoms with Crippen LogP contribution in [-0.2, 0) is 0 Å². The number of likely N-dealkylation sites (N-methyl/N-ethyl adjacent to an activating group) is 1. The Balaban J connectivity index is 2.67. The van der Waals surface area contributed by atoms with Crippen LogP contribution in [0, 0.1) is 6.92 Å². The maximum atomic E-state index is 8.68. The molecule has 3 N–H and O–H groups in total. The van der Waals surface area contributed by atoms with Gasteiger partial charge in [0.2, 0.25) is 0 Å². The quantitative estimate of drug-likeness (QED) is 0.341. The number of oxime groups is 1. The lowest BCUT2D eigenvalue weighted by Gasteiger charge is -2.18. The van der Waals surface area contributed by atoms with Crippen LogP contribution in [0.1, 0.15) is 25.0 Å². The molecule has 0 saturated carbocycles. The van der Waals surface area contributed by atoms with E-state index in [4.69, 9.17) is 15.7 Å². The van der Waals surface area contributed by atoms with E-state index in [-0.39, 0.29) is 5.84 Å². The number of hydrogen-bond acceptors (Lipinski definition) is 4. The first kappa shape index (κ1) is 15.3. The first-order valence-electron chi connectivity index (χ1n) is 6.56. The topological polar surface area (TPSA) is 71.1 Å². The van der Waals surface area contributed by atoms with E-state index in [9.17, 15) is 0 Å². The van der Waals surface area contributed by atoms with Crippen molar-refractivity contribution in [2.75, 3.05) is 26.2 Å². The second-order valence-corrected chi connectivity index (χ2v) is 4.34. The largest absolute Gasteiger partial charge is 0.492 e. The molecule has 0 heterocycles. The molecule has 0 fully saturated rings. The van der Waals surface area contributed by atoms with E-state index in [2.05, 4.69) is 23.9 Å². The summed E-state index contributed by atoms with van der Waals surface area (Å²) in [6, 6.07) is 5.51. The molecule has 0 aliphatic rings. The predicted octanol–water partition coefficient (Wildman–Crippen LogP) is 1.81. The highest BCUT2D eigenvalue weighted by Crippen LogP contribution is 2.19. The van der Waals surface area contributed by atoms with Crippen molar-refractivity contribution in [3.63, 3.8) is 0 Å².